The van der Waals surface area contributed by atoms with Crippen LogP contribution in [-0.2, 0) is 9.53 Å². The molecule has 2 aliphatic rings. The summed E-state index contributed by atoms with van der Waals surface area (Å²) in [4.78, 5) is 38.5. The fourth-order valence-electron chi connectivity index (χ4n) is 4.84. The number of likely N-dealkylation sites (tertiary alicyclic amines) is 1. The summed E-state index contributed by atoms with van der Waals surface area (Å²) in [5, 5.41) is 2.74. The normalized spacial score (nSPS) is 19.5. The number of hydrogen-bond acceptors (Lipinski definition) is 6. The number of halogens is 3. The predicted octanol–water partition coefficient (Wildman–Crippen LogP) is 3.97. The Balaban J connectivity index is 1.42. The zero-order valence-electron chi connectivity index (χ0n) is 21.7. The minimum absolute atomic E-state index is 0.131. The summed E-state index contributed by atoms with van der Waals surface area (Å²) in [7, 11) is 1.40. The Kier molecular flexibility index (Phi) is 7.74. The monoisotopic (exact) mass is 545 g/mol. The molecule has 0 spiro atoms. The van der Waals surface area contributed by atoms with Crippen LogP contribution in [0.5, 0.6) is 5.75 Å². The molecule has 2 amide bonds. The quantitative estimate of drug-likeness (QED) is 0.421. The Morgan fingerprint density at radius 3 is 2.72 bits per heavy atom. The summed E-state index contributed by atoms with van der Waals surface area (Å²) in [5.41, 5.74) is 1.87. The molecule has 0 bridgehead atoms. The summed E-state index contributed by atoms with van der Waals surface area (Å²) in [6.45, 7) is 2.17. The van der Waals surface area contributed by atoms with E-state index in [0.717, 1.165) is 12.8 Å². The van der Waals surface area contributed by atoms with E-state index in [-0.39, 0.29) is 48.7 Å². The Morgan fingerprint density at radius 2 is 2.03 bits per heavy atom. The molecule has 5 rings (SSSR count). The molecule has 2 aromatic heterocycles. The van der Waals surface area contributed by atoms with Gasteiger partial charge >= 0.3 is 0 Å². The van der Waals surface area contributed by atoms with Crippen molar-refractivity contribution in [2.24, 2.45) is 5.92 Å². The van der Waals surface area contributed by atoms with Gasteiger partial charge in [-0.15, -0.1) is 0 Å². The first-order valence-corrected chi connectivity index (χ1v) is 12.9. The summed E-state index contributed by atoms with van der Waals surface area (Å²) in [5.74, 6) is 0.0299. The second-order valence-corrected chi connectivity index (χ2v) is 10.0. The van der Waals surface area contributed by atoms with E-state index < -0.39 is 24.5 Å². The van der Waals surface area contributed by atoms with Crippen molar-refractivity contribution in [3.05, 3.63) is 41.3 Å². The lowest BCUT2D eigenvalue weighted by molar-refractivity contribution is -0.137. The van der Waals surface area contributed by atoms with Crippen LogP contribution in [0.15, 0.2) is 24.5 Å². The van der Waals surface area contributed by atoms with Crippen molar-refractivity contribution >= 4 is 22.8 Å². The maximum absolute atomic E-state index is 14.9. The van der Waals surface area contributed by atoms with Gasteiger partial charge in [-0.2, -0.15) is 0 Å². The third-order valence-electron chi connectivity index (χ3n) is 7.16. The fraction of sp³-hybridized carbons (Fsp3) is 0.481. The van der Waals surface area contributed by atoms with Gasteiger partial charge in [-0.25, -0.2) is 23.1 Å². The maximum atomic E-state index is 14.9. The van der Waals surface area contributed by atoms with Crippen LogP contribution in [-0.4, -0.2) is 77.3 Å². The molecule has 0 radical (unpaired) electrons. The molecule has 1 aromatic carbocycles. The van der Waals surface area contributed by atoms with Crippen molar-refractivity contribution in [3.63, 3.8) is 0 Å². The number of H-pyrrole nitrogens is 1. The van der Waals surface area contributed by atoms with E-state index in [1.807, 2.05) is 0 Å². The molecule has 1 aliphatic heterocycles. The van der Waals surface area contributed by atoms with Crippen LogP contribution in [0.4, 0.5) is 13.2 Å². The molecule has 1 saturated heterocycles. The van der Waals surface area contributed by atoms with Gasteiger partial charge in [0.2, 0.25) is 5.91 Å². The Morgan fingerprint density at radius 1 is 1.23 bits per heavy atom. The second-order valence-electron chi connectivity index (χ2n) is 10.0. The third kappa shape index (κ3) is 5.70. The predicted molar refractivity (Wildman–Crippen MR) is 136 cm³/mol. The van der Waals surface area contributed by atoms with E-state index in [1.165, 1.54) is 36.5 Å². The summed E-state index contributed by atoms with van der Waals surface area (Å²) in [6, 6.07) is 3.40. The number of piperidine rings is 1. The van der Waals surface area contributed by atoms with Crippen LogP contribution in [0, 0.1) is 12.8 Å². The van der Waals surface area contributed by atoms with Gasteiger partial charge < -0.3 is 24.7 Å². The van der Waals surface area contributed by atoms with Gasteiger partial charge in [0.25, 0.3) is 12.3 Å². The van der Waals surface area contributed by atoms with Crippen molar-refractivity contribution in [2.75, 3.05) is 33.4 Å². The number of hydrogen-bond donors (Lipinski definition) is 2. The lowest BCUT2D eigenvalue weighted by atomic mass is 10.0. The van der Waals surface area contributed by atoms with Crippen LogP contribution in [0.25, 0.3) is 22.3 Å². The average molecular weight is 546 g/mol. The molecule has 3 aromatic rings. The van der Waals surface area contributed by atoms with Gasteiger partial charge in [-0.3, -0.25) is 9.59 Å². The number of aromatic amines is 1. The number of carbonyl (C=O) groups is 2. The number of benzene rings is 1. The Labute approximate surface area is 223 Å². The lowest BCUT2D eigenvalue weighted by Gasteiger charge is -2.35. The average Bonchev–Trinajstić information content (AvgIpc) is 3.68. The number of alkyl halides is 3. The van der Waals surface area contributed by atoms with Crippen molar-refractivity contribution in [3.8, 4) is 17.0 Å². The highest BCUT2D eigenvalue weighted by Crippen LogP contribution is 2.38. The first kappa shape index (κ1) is 26.9. The van der Waals surface area contributed by atoms with Crippen molar-refractivity contribution in [1.82, 2.24) is 25.2 Å². The minimum Gasteiger partial charge on any atom is -0.493 e. The molecule has 0 unspecified atom stereocenters. The lowest BCUT2D eigenvalue weighted by Crippen LogP contribution is -2.54. The van der Waals surface area contributed by atoms with E-state index in [9.17, 15) is 22.8 Å². The highest BCUT2D eigenvalue weighted by Gasteiger charge is 2.34. The number of nitrogens with zero attached hydrogens (tertiary/aromatic N) is 3. The zero-order chi connectivity index (χ0) is 27.7. The number of rotatable bonds is 9. The molecular formula is C27H30F3N5O4. The van der Waals surface area contributed by atoms with E-state index in [1.54, 1.807) is 6.92 Å². The molecule has 1 saturated carbocycles. The van der Waals surface area contributed by atoms with Crippen LogP contribution in [0.1, 0.15) is 47.3 Å². The van der Waals surface area contributed by atoms with Gasteiger partial charge in [0.05, 0.1) is 30.3 Å². The molecule has 2 N–H and O–H groups in total. The Bertz CT molecular complexity index is 1380. The molecule has 208 valence electrons. The smallest absolute Gasteiger partial charge is 0.263 e. The van der Waals surface area contributed by atoms with Crippen LogP contribution in [0.3, 0.4) is 0 Å². The number of aryl methyl sites for hydroxylation is 1. The topological polar surface area (TPSA) is 109 Å². The number of fused-ring (bicyclic) bond motifs is 1. The first-order valence-electron chi connectivity index (χ1n) is 12.9. The zero-order valence-corrected chi connectivity index (χ0v) is 21.7. The molecular weight excluding hydrogens is 515 g/mol. The van der Waals surface area contributed by atoms with Gasteiger partial charge in [0, 0.05) is 30.5 Å². The standard InChI is InChI=1S/C27H30F3N5O4/c1-14-22(27(37)34-19-7-8-35(10-18(19)28)21(36)12-38-2)24-25(33-14)23(31-13-32-24)17-9-16(26(29)30)5-6-20(17)39-11-15-3-4-15/h5-6,9,13,15,18-19,26,33H,3-4,7-8,10-12H2,1-2H3,(H,34,37)/t18-,19+/m0/s1. The molecule has 3 heterocycles. The highest BCUT2D eigenvalue weighted by molar-refractivity contribution is 6.09. The SMILES string of the molecule is COCC(=O)N1CC[C@@H](NC(=O)c2c(C)[nH]c3c(-c4cc(C(F)F)ccc4OCC4CC4)ncnc23)[C@@H](F)C1. The third-order valence-corrected chi connectivity index (χ3v) is 7.16. The van der Waals surface area contributed by atoms with Crippen molar-refractivity contribution in [1.29, 1.82) is 0 Å². The molecule has 12 heteroatoms. The molecule has 39 heavy (non-hydrogen) atoms. The van der Waals surface area contributed by atoms with E-state index >= 15 is 0 Å². The number of aromatic nitrogens is 3. The number of methoxy groups -OCH3 is 1. The first-order chi connectivity index (χ1) is 18.8. The van der Waals surface area contributed by atoms with Gasteiger partial charge in [-0.05, 0) is 50.3 Å². The van der Waals surface area contributed by atoms with Crippen molar-refractivity contribution in [2.45, 2.75) is 44.8 Å². The second kappa shape index (κ2) is 11.2. The molecule has 9 nitrogen and oxygen atoms in total. The van der Waals surface area contributed by atoms with Gasteiger partial charge in [0.15, 0.2) is 0 Å². The fourth-order valence-corrected chi connectivity index (χ4v) is 4.84. The summed E-state index contributed by atoms with van der Waals surface area (Å²) in [6.07, 6.45) is -0.499. The number of ether oxygens (including phenoxy) is 2. The largest absolute Gasteiger partial charge is 0.493 e. The number of carbonyl (C=O) groups excluding carboxylic acids is 2. The van der Waals surface area contributed by atoms with Crippen LogP contribution >= 0.6 is 0 Å². The number of nitrogens with one attached hydrogen (secondary N) is 2. The summed E-state index contributed by atoms with van der Waals surface area (Å²) >= 11 is 0. The molecule has 1 aliphatic carbocycles. The minimum atomic E-state index is -2.69. The van der Waals surface area contributed by atoms with Gasteiger partial charge in [-0.1, -0.05) is 0 Å². The van der Waals surface area contributed by atoms with E-state index in [0.29, 0.717) is 40.7 Å². The molecule has 2 fully saturated rings. The highest BCUT2D eigenvalue weighted by atomic mass is 19.3. The maximum Gasteiger partial charge on any atom is 0.263 e. The van der Waals surface area contributed by atoms with E-state index in [2.05, 4.69) is 20.3 Å². The van der Waals surface area contributed by atoms with Gasteiger partial charge in [0.1, 0.15) is 36.1 Å². The Hall–Kier alpha value is -3.67. The van der Waals surface area contributed by atoms with Crippen LogP contribution in [0.2, 0.25) is 0 Å². The van der Waals surface area contributed by atoms with Crippen molar-refractivity contribution < 1.29 is 32.2 Å². The molecule has 2 atom stereocenters. The van der Waals surface area contributed by atoms with Crippen LogP contribution < -0.4 is 10.1 Å². The number of amides is 2. The van der Waals surface area contributed by atoms with E-state index in [4.69, 9.17) is 9.47 Å². The summed E-state index contributed by atoms with van der Waals surface area (Å²) < 4.78 is 52.9.